The summed E-state index contributed by atoms with van der Waals surface area (Å²) in [6.07, 6.45) is 1.61. The maximum Gasteiger partial charge on any atom is 0.275 e. The van der Waals surface area contributed by atoms with Crippen LogP contribution in [-0.2, 0) is 4.79 Å². The smallest absolute Gasteiger partial charge is 0.275 e. The van der Waals surface area contributed by atoms with Crippen LogP contribution in [0.3, 0.4) is 0 Å². The van der Waals surface area contributed by atoms with Crippen LogP contribution < -0.4 is 10.7 Å². The SMILES string of the molecule is C/C(CC(=O)Nc1cc(C)ccn1)=N/NC(=O)c1cc2ccccc2cc1O. The number of anilines is 1. The Balaban J connectivity index is 1.63. The molecular formula is C21H20N4O3. The van der Waals surface area contributed by atoms with Crippen LogP contribution in [0.15, 0.2) is 59.8 Å². The molecule has 0 aliphatic rings. The van der Waals surface area contributed by atoms with Gasteiger partial charge >= 0.3 is 0 Å². The van der Waals surface area contributed by atoms with E-state index >= 15 is 0 Å². The molecule has 3 aromatic rings. The van der Waals surface area contributed by atoms with Crippen LogP contribution in [-0.4, -0.2) is 27.6 Å². The Labute approximate surface area is 162 Å². The van der Waals surface area contributed by atoms with Crippen molar-refractivity contribution in [1.29, 1.82) is 0 Å². The lowest BCUT2D eigenvalue weighted by Gasteiger charge is -2.07. The minimum atomic E-state index is -0.552. The summed E-state index contributed by atoms with van der Waals surface area (Å²) < 4.78 is 0. The molecule has 0 aliphatic carbocycles. The molecule has 0 bridgehead atoms. The number of aromatic nitrogens is 1. The van der Waals surface area contributed by atoms with Gasteiger partial charge in [-0.25, -0.2) is 10.4 Å². The highest BCUT2D eigenvalue weighted by molar-refractivity contribution is 6.06. The first-order chi connectivity index (χ1) is 13.4. The Morgan fingerprint density at radius 3 is 2.54 bits per heavy atom. The summed E-state index contributed by atoms with van der Waals surface area (Å²) in [5, 5.41) is 18.4. The highest BCUT2D eigenvalue weighted by Gasteiger charge is 2.12. The predicted molar refractivity (Wildman–Crippen MR) is 108 cm³/mol. The molecule has 0 aliphatic heterocycles. The number of hydrogen-bond donors (Lipinski definition) is 3. The Kier molecular flexibility index (Phi) is 5.64. The van der Waals surface area contributed by atoms with Gasteiger partial charge in [-0.3, -0.25) is 9.59 Å². The Hall–Kier alpha value is -3.74. The van der Waals surface area contributed by atoms with Crippen LogP contribution in [0.2, 0.25) is 0 Å². The number of amides is 2. The number of nitrogens with zero attached hydrogens (tertiary/aromatic N) is 2. The maximum absolute atomic E-state index is 12.3. The zero-order valence-electron chi connectivity index (χ0n) is 15.6. The fourth-order valence-corrected chi connectivity index (χ4v) is 2.68. The zero-order valence-corrected chi connectivity index (χ0v) is 15.6. The standard InChI is InChI=1S/C21H20N4O3/c1-13-7-8-22-19(9-13)23-20(27)10-14(2)24-25-21(28)17-11-15-5-3-4-6-16(15)12-18(17)26/h3-9,11-12,26H,10H2,1-2H3,(H,25,28)(H,22,23,27)/b24-14-. The van der Waals surface area contributed by atoms with Gasteiger partial charge in [0, 0.05) is 11.9 Å². The minimum absolute atomic E-state index is 0.000392. The number of rotatable bonds is 5. The van der Waals surface area contributed by atoms with E-state index in [0.29, 0.717) is 11.5 Å². The van der Waals surface area contributed by atoms with Crippen molar-refractivity contribution in [1.82, 2.24) is 10.4 Å². The fourth-order valence-electron chi connectivity index (χ4n) is 2.68. The van der Waals surface area contributed by atoms with Crippen molar-refractivity contribution in [3.63, 3.8) is 0 Å². The highest BCUT2D eigenvalue weighted by Crippen LogP contribution is 2.24. The number of aryl methyl sites for hydroxylation is 1. The Morgan fingerprint density at radius 2 is 1.82 bits per heavy atom. The third-order valence-electron chi connectivity index (χ3n) is 4.06. The minimum Gasteiger partial charge on any atom is -0.507 e. The first kappa shape index (κ1) is 19.0. The average molecular weight is 376 g/mol. The second-order valence-corrected chi connectivity index (χ2v) is 6.45. The number of benzene rings is 2. The molecule has 0 spiro atoms. The quantitative estimate of drug-likeness (QED) is 0.469. The first-order valence-corrected chi connectivity index (χ1v) is 8.70. The number of hydrogen-bond acceptors (Lipinski definition) is 5. The van der Waals surface area contributed by atoms with Gasteiger partial charge in [-0.05, 0) is 54.4 Å². The van der Waals surface area contributed by atoms with E-state index in [0.717, 1.165) is 16.3 Å². The summed E-state index contributed by atoms with van der Waals surface area (Å²) in [7, 11) is 0. The predicted octanol–water partition coefficient (Wildman–Crippen LogP) is 3.38. The monoisotopic (exact) mass is 376 g/mol. The van der Waals surface area contributed by atoms with Crippen LogP contribution in [0.5, 0.6) is 5.75 Å². The van der Waals surface area contributed by atoms with Gasteiger partial charge in [0.2, 0.25) is 5.91 Å². The van der Waals surface area contributed by atoms with E-state index in [1.54, 1.807) is 25.3 Å². The molecule has 2 aromatic carbocycles. The van der Waals surface area contributed by atoms with Crippen LogP contribution in [0.1, 0.15) is 29.3 Å². The van der Waals surface area contributed by atoms with Crippen molar-refractivity contribution in [2.45, 2.75) is 20.3 Å². The molecule has 0 atom stereocenters. The summed E-state index contributed by atoms with van der Waals surface area (Å²) in [4.78, 5) is 28.5. The van der Waals surface area contributed by atoms with E-state index in [9.17, 15) is 14.7 Å². The van der Waals surface area contributed by atoms with Gasteiger partial charge in [-0.1, -0.05) is 24.3 Å². The normalized spacial score (nSPS) is 11.3. The number of carbonyl (C=O) groups is 2. The molecule has 0 fully saturated rings. The van der Waals surface area contributed by atoms with Gasteiger partial charge in [0.1, 0.15) is 11.6 Å². The number of phenols is 1. The van der Waals surface area contributed by atoms with Gasteiger partial charge in [0.25, 0.3) is 5.91 Å². The second kappa shape index (κ2) is 8.30. The zero-order chi connectivity index (χ0) is 20.1. The summed E-state index contributed by atoms with van der Waals surface area (Å²) in [5.41, 5.74) is 3.89. The summed E-state index contributed by atoms with van der Waals surface area (Å²) in [5.74, 6) is -0.513. The molecule has 1 aromatic heterocycles. The Bertz CT molecular complexity index is 1080. The van der Waals surface area contributed by atoms with Crippen molar-refractivity contribution < 1.29 is 14.7 Å². The molecule has 0 saturated heterocycles. The maximum atomic E-state index is 12.3. The number of fused-ring (bicyclic) bond motifs is 1. The number of aromatic hydroxyl groups is 1. The van der Waals surface area contributed by atoms with Crippen molar-refractivity contribution in [2.24, 2.45) is 5.10 Å². The molecule has 142 valence electrons. The van der Waals surface area contributed by atoms with Crippen molar-refractivity contribution in [3.05, 3.63) is 65.9 Å². The van der Waals surface area contributed by atoms with Crippen LogP contribution in [0, 0.1) is 6.92 Å². The van der Waals surface area contributed by atoms with E-state index in [4.69, 9.17) is 0 Å². The lowest BCUT2D eigenvalue weighted by molar-refractivity contribution is -0.115. The van der Waals surface area contributed by atoms with E-state index < -0.39 is 5.91 Å². The third kappa shape index (κ3) is 4.70. The molecule has 28 heavy (non-hydrogen) atoms. The van der Waals surface area contributed by atoms with Gasteiger partial charge < -0.3 is 10.4 Å². The van der Waals surface area contributed by atoms with Crippen LogP contribution in [0.4, 0.5) is 5.82 Å². The van der Waals surface area contributed by atoms with Gasteiger partial charge in [-0.2, -0.15) is 5.10 Å². The van der Waals surface area contributed by atoms with Crippen LogP contribution in [0.25, 0.3) is 10.8 Å². The van der Waals surface area contributed by atoms with E-state index in [2.05, 4.69) is 20.8 Å². The molecular weight excluding hydrogens is 356 g/mol. The van der Waals surface area contributed by atoms with Gasteiger partial charge in [0.05, 0.1) is 12.0 Å². The third-order valence-corrected chi connectivity index (χ3v) is 4.06. The summed E-state index contributed by atoms with van der Waals surface area (Å²) >= 11 is 0. The molecule has 7 heteroatoms. The molecule has 3 N–H and O–H groups in total. The number of nitrogens with one attached hydrogen (secondary N) is 2. The molecule has 7 nitrogen and oxygen atoms in total. The fraction of sp³-hybridized carbons (Fsp3) is 0.143. The number of pyridine rings is 1. The largest absolute Gasteiger partial charge is 0.507 e. The molecule has 0 radical (unpaired) electrons. The second-order valence-electron chi connectivity index (χ2n) is 6.45. The number of phenolic OH excluding ortho intramolecular Hbond substituents is 1. The summed E-state index contributed by atoms with van der Waals surface area (Å²) in [6, 6.07) is 14.1. The molecule has 1 heterocycles. The van der Waals surface area contributed by atoms with E-state index in [1.165, 1.54) is 6.07 Å². The summed E-state index contributed by atoms with van der Waals surface area (Å²) in [6.45, 7) is 3.53. The van der Waals surface area contributed by atoms with Crippen LogP contribution >= 0.6 is 0 Å². The molecule has 0 unspecified atom stereocenters. The van der Waals surface area contributed by atoms with E-state index in [-0.39, 0.29) is 23.6 Å². The molecule has 2 amide bonds. The topological polar surface area (TPSA) is 104 Å². The lowest BCUT2D eigenvalue weighted by atomic mass is 10.1. The van der Waals surface area contributed by atoms with Crippen molar-refractivity contribution in [3.8, 4) is 5.75 Å². The number of hydrazone groups is 1. The number of carbonyl (C=O) groups excluding carboxylic acids is 2. The van der Waals surface area contributed by atoms with Crippen molar-refractivity contribution in [2.75, 3.05) is 5.32 Å². The molecule has 0 saturated carbocycles. The Morgan fingerprint density at radius 1 is 1.11 bits per heavy atom. The average Bonchev–Trinajstić information content (AvgIpc) is 2.65. The van der Waals surface area contributed by atoms with Gasteiger partial charge in [-0.15, -0.1) is 0 Å². The first-order valence-electron chi connectivity index (χ1n) is 8.70. The highest BCUT2D eigenvalue weighted by atomic mass is 16.3. The van der Waals surface area contributed by atoms with Crippen molar-refractivity contribution >= 4 is 34.1 Å². The molecule has 3 rings (SSSR count). The lowest BCUT2D eigenvalue weighted by Crippen LogP contribution is -2.21. The van der Waals surface area contributed by atoms with E-state index in [1.807, 2.05) is 37.3 Å². The van der Waals surface area contributed by atoms with Gasteiger partial charge in [0.15, 0.2) is 0 Å².